The van der Waals surface area contributed by atoms with Crippen molar-refractivity contribution in [3.8, 4) is 11.5 Å². The summed E-state index contributed by atoms with van der Waals surface area (Å²) >= 11 is 5.81. The van der Waals surface area contributed by atoms with Gasteiger partial charge in [-0.3, -0.25) is 0 Å². The highest BCUT2D eigenvalue weighted by atomic mass is 35.5. The van der Waals surface area contributed by atoms with Crippen molar-refractivity contribution in [1.29, 1.82) is 0 Å². The molecule has 1 atom stereocenters. The first-order valence-electron chi connectivity index (χ1n) is 8.84. The van der Waals surface area contributed by atoms with Gasteiger partial charge in [0.2, 0.25) is 0 Å². The first-order chi connectivity index (χ1) is 13.2. The Morgan fingerprint density at radius 2 is 1.75 bits per heavy atom. The molecule has 0 spiro atoms. The Balaban J connectivity index is 0.00000280. The fraction of sp³-hybridized carbons (Fsp3) is 0.227. The van der Waals surface area contributed by atoms with Crippen LogP contribution in [0.2, 0.25) is 5.15 Å². The van der Waals surface area contributed by atoms with Gasteiger partial charge in [-0.25, -0.2) is 4.98 Å². The topological polar surface area (TPSA) is 43.4 Å². The van der Waals surface area contributed by atoms with Gasteiger partial charge in [0.1, 0.15) is 11.8 Å². The van der Waals surface area contributed by atoms with Crippen LogP contribution in [0.25, 0.3) is 0 Å². The van der Waals surface area contributed by atoms with Crippen molar-refractivity contribution in [3.63, 3.8) is 0 Å². The number of hydrogen-bond donors (Lipinski definition) is 1. The van der Waals surface area contributed by atoms with E-state index in [0.29, 0.717) is 23.3 Å². The summed E-state index contributed by atoms with van der Waals surface area (Å²) in [5.74, 6) is 1.41. The number of rotatable bonds is 8. The van der Waals surface area contributed by atoms with Gasteiger partial charge in [0.25, 0.3) is 0 Å². The molecule has 1 unspecified atom stereocenters. The first-order valence-corrected chi connectivity index (χ1v) is 9.22. The fourth-order valence-corrected chi connectivity index (χ4v) is 2.84. The van der Waals surface area contributed by atoms with E-state index >= 15 is 0 Å². The fourth-order valence-electron chi connectivity index (χ4n) is 2.72. The number of methoxy groups -OCH3 is 1. The minimum atomic E-state index is 0. The number of benzene rings is 2. The van der Waals surface area contributed by atoms with E-state index < -0.39 is 0 Å². The van der Waals surface area contributed by atoms with Crippen LogP contribution in [0.15, 0.2) is 66.9 Å². The van der Waals surface area contributed by atoms with Crippen LogP contribution in [0.4, 0.5) is 0 Å². The zero-order chi connectivity index (χ0) is 19.1. The summed E-state index contributed by atoms with van der Waals surface area (Å²) in [6.07, 6.45) is 1.71. The lowest BCUT2D eigenvalue weighted by atomic mass is 10.1. The maximum atomic E-state index is 5.88. The average Bonchev–Trinajstić information content (AvgIpc) is 2.72. The zero-order valence-electron chi connectivity index (χ0n) is 15.9. The molecule has 1 heterocycles. The molecule has 0 bridgehead atoms. The quantitative estimate of drug-likeness (QED) is 0.570. The molecule has 0 saturated carbocycles. The van der Waals surface area contributed by atoms with Crippen molar-refractivity contribution in [3.05, 3.63) is 88.7 Å². The van der Waals surface area contributed by atoms with Gasteiger partial charge in [0.15, 0.2) is 11.5 Å². The second-order valence-electron chi connectivity index (χ2n) is 6.28. The molecule has 1 aromatic heterocycles. The zero-order valence-corrected chi connectivity index (χ0v) is 17.4. The number of halogens is 2. The molecular weight excluding hydrogens is 395 g/mol. The summed E-state index contributed by atoms with van der Waals surface area (Å²) in [7, 11) is 1.65. The van der Waals surface area contributed by atoms with Crippen LogP contribution in [0, 0.1) is 0 Å². The van der Waals surface area contributed by atoms with Crippen molar-refractivity contribution in [1.82, 2.24) is 10.3 Å². The van der Waals surface area contributed by atoms with E-state index in [1.54, 1.807) is 19.4 Å². The Morgan fingerprint density at radius 1 is 1.00 bits per heavy atom. The van der Waals surface area contributed by atoms with Gasteiger partial charge in [-0.1, -0.05) is 54.1 Å². The molecule has 0 saturated heterocycles. The van der Waals surface area contributed by atoms with Crippen molar-refractivity contribution >= 4 is 11.6 Å². The van der Waals surface area contributed by atoms with E-state index in [4.69, 9.17) is 21.1 Å². The summed E-state index contributed by atoms with van der Waals surface area (Å²) in [5, 5.41) is 4.00. The number of nitrogens with one attached hydrogen (secondary N) is 1. The molecule has 0 aliphatic carbocycles. The van der Waals surface area contributed by atoms with Crippen LogP contribution >= 0.6 is 11.6 Å². The Hall–Kier alpha value is -2.27. The van der Waals surface area contributed by atoms with Gasteiger partial charge in [0.05, 0.1) is 7.11 Å². The SMILES string of the molecule is COc1cc(CNC(C)c2ccccc2)ccc1OCc1ccc(Cl)nc1.[Cl-]. The lowest BCUT2D eigenvalue weighted by Gasteiger charge is -2.16. The van der Waals surface area contributed by atoms with Gasteiger partial charge in [-0.05, 0) is 36.2 Å². The number of hydrogen-bond acceptors (Lipinski definition) is 4. The summed E-state index contributed by atoms with van der Waals surface area (Å²) in [4.78, 5) is 4.06. The summed E-state index contributed by atoms with van der Waals surface area (Å²) < 4.78 is 11.4. The van der Waals surface area contributed by atoms with E-state index in [-0.39, 0.29) is 18.4 Å². The second-order valence-corrected chi connectivity index (χ2v) is 6.66. The van der Waals surface area contributed by atoms with Crippen molar-refractivity contribution < 1.29 is 21.9 Å². The molecule has 3 aromatic rings. The lowest BCUT2D eigenvalue weighted by molar-refractivity contribution is -0.00000609. The number of ether oxygens (including phenoxy) is 2. The first kappa shape index (κ1) is 22.0. The molecule has 2 aromatic carbocycles. The predicted molar refractivity (Wildman–Crippen MR) is 108 cm³/mol. The minimum absolute atomic E-state index is 0. The van der Waals surface area contributed by atoms with E-state index in [0.717, 1.165) is 17.7 Å². The van der Waals surface area contributed by atoms with E-state index in [1.807, 2.05) is 30.3 Å². The maximum Gasteiger partial charge on any atom is 0.161 e. The third-order valence-electron chi connectivity index (χ3n) is 4.32. The monoisotopic (exact) mass is 417 g/mol. The molecule has 0 fully saturated rings. The predicted octanol–water partition coefficient (Wildman–Crippen LogP) is 2.18. The Bertz CT molecular complexity index is 858. The lowest BCUT2D eigenvalue weighted by Crippen LogP contribution is -3.00. The van der Waals surface area contributed by atoms with E-state index in [1.165, 1.54) is 5.56 Å². The summed E-state index contributed by atoms with van der Waals surface area (Å²) in [6.45, 7) is 3.31. The molecule has 0 aliphatic heterocycles. The molecule has 28 heavy (non-hydrogen) atoms. The highest BCUT2D eigenvalue weighted by Crippen LogP contribution is 2.29. The van der Waals surface area contributed by atoms with Crippen LogP contribution in [0.3, 0.4) is 0 Å². The molecular formula is C22H23Cl2N2O2-. The third kappa shape index (κ3) is 6.13. The van der Waals surface area contributed by atoms with Gasteiger partial charge >= 0.3 is 0 Å². The minimum Gasteiger partial charge on any atom is -1.00 e. The number of pyridine rings is 1. The summed E-state index contributed by atoms with van der Waals surface area (Å²) in [6, 6.07) is 20.3. The third-order valence-corrected chi connectivity index (χ3v) is 4.55. The van der Waals surface area contributed by atoms with Gasteiger partial charge in [-0.2, -0.15) is 0 Å². The highest BCUT2D eigenvalue weighted by Gasteiger charge is 2.09. The molecule has 1 N–H and O–H groups in total. The maximum absolute atomic E-state index is 5.88. The van der Waals surface area contributed by atoms with Crippen molar-refractivity contribution in [2.24, 2.45) is 0 Å². The smallest absolute Gasteiger partial charge is 0.161 e. The number of aromatic nitrogens is 1. The van der Waals surface area contributed by atoms with E-state index in [9.17, 15) is 0 Å². The Morgan fingerprint density at radius 3 is 2.43 bits per heavy atom. The Kier molecular flexibility index (Phi) is 8.58. The van der Waals surface area contributed by atoms with Crippen LogP contribution in [-0.2, 0) is 13.2 Å². The molecule has 148 valence electrons. The van der Waals surface area contributed by atoms with Gasteiger partial charge in [0, 0.05) is 24.3 Å². The average molecular weight is 418 g/mol. The molecule has 0 amide bonds. The molecule has 0 aliphatic rings. The number of nitrogens with zero attached hydrogens (tertiary/aromatic N) is 1. The largest absolute Gasteiger partial charge is 1.00 e. The molecule has 4 nitrogen and oxygen atoms in total. The normalized spacial score (nSPS) is 11.4. The van der Waals surface area contributed by atoms with Gasteiger partial charge < -0.3 is 27.2 Å². The van der Waals surface area contributed by atoms with Crippen LogP contribution in [-0.4, -0.2) is 12.1 Å². The molecule has 3 rings (SSSR count). The van der Waals surface area contributed by atoms with E-state index in [2.05, 4.69) is 41.5 Å². The standard InChI is InChI=1S/C22H23ClN2O2.ClH/c1-16(19-6-4-3-5-7-19)24-13-17-8-10-20(21(12-17)26-2)27-15-18-9-11-22(23)25-14-18;/h3-12,14,16,24H,13,15H2,1-2H3;1H/p-1. The summed E-state index contributed by atoms with van der Waals surface area (Å²) in [5.41, 5.74) is 3.35. The highest BCUT2D eigenvalue weighted by molar-refractivity contribution is 6.29. The van der Waals surface area contributed by atoms with Crippen molar-refractivity contribution in [2.45, 2.75) is 26.1 Å². The van der Waals surface area contributed by atoms with Gasteiger partial charge in [-0.15, -0.1) is 0 Å². The van der Waals surface area contributed by atoms with Crippen LogP contribution < -0.4 is 27.2 Å². The second kappa shape index (κ2) is 10.9. The molecule has 0 radical (unpaired) electrons. The Labute approximate surface area is 177 Å². The molecule has 6 heteroatoms. The van der Waals surface area contributed by atoms with Crippen LogP contribution in [0.1, 0.15) is 29.7 Å². The van der Waals surface area contributed by atoms with Crippen LogP contribution in [0.5, 0.6) is 11.5 Å². The van der Waals surface area contributed by atoms with Crippen molar-refractivity contribution in [2.75, 3.05) is 7.11 Å².